The van der Waals surface area contributed by atoms with Crippen molar-refractivity contribution in [1.29, 1.82) is 0 Å². The van der Waals surface area contributed by atoms with Crippen molar-refractivity contribution in [3.05, 3.63) is 34.9 Å². The van der Waals surface area contributed by atoms with Gasteiger partial charge in [-0.25, -0.2) is 0 Å². The van der Waals surface area contributed by atoms with Crippen LogP contribution in [0.2, 0.25) is 5.02 Å². The molecule has 1 saturated heterocycles. The highest BCUT2D eigenvalue weighted by atomic mass is 35.5. The van der Waals surface area contributed by atoms with Gasteiger partial charge in [0.2, 0.25) is 0 Å². The molecule has 1 spiro atoms. The van der Waals surface area contributed by atoms with E-state index in [1.54, 1.807) is 0 Å². The minimum atomic E-state index is -0.150. The molecule has 2 aliphatic heterocycles. The maximum Gasteiger partial charge on any atom is 0.132 e. The molecule has 1 aromatic rings. The highest BCUT2D eigenvalue weighted by Crippen LogP contribution is 2.39. The summed E-state index contributed by atoms with van der Waals surface area (Å²) in [6.45, 7) is 4.23. The van der Waals surface area contributed by atoms with E-state index in [2.05, 4.69) is 24.4 Å². The van der Waals surface area contributed by atoms with Crippen LogP contribution in [-0.2, 0) is 0 Å². The predicted molar refractivity (Wildman–Crippen MR) is 70.5 cm³/mol. The fourth-order valence-electron chi connectivity index (χ4n) is 2.62. The zero-order valence-electron chi connectivity index (χ0n) is 9.87. The summed E-state index contributed by atoms with van der Waals surface area (Å²) in [6.07, 6.45) is 5.39. The topological polar surface area (TPSA) is 21.3 Å². The van der Waals surface area contributed by atoms with E-state index in [4.69, 9.17) is 16.3 Å². The Morgan fingerprint density at radius 2 is 2.35 bits per heavy atom. The van der Waals surface area contributed by atoms with Gasteiger partial charge in [0.25, 0.3) is 0 Å². The van der Waals surface area contributed by atoms with Crippen molar-refractivity contribution in [3.63, 3.8) is 0 Å². The first-order chi connectivity index (χ1) is 8.20. The van der Waals surface area contributed by atoms with E-state index in [0.717, 1.165) is 35.8 Å². The van der Waals surface area contributed by atoms with Crippen LogP contribution in [0.3, 0.4) is 0 Å². The van der Waals surface area contributed by atoms with E-state index >= 15 is 0 Å². The van der Waals surface area contributed by atoms with Crippen LogP contribution in [0.25, 0.3) is 6.08 Å². The molecule has 0 saturated carbocycles. The molecule has 3 rings (SSSR count). The molecule has 0 aliphatic carbocycles. The van der Waals surface area contributed by atoms with Gasteiger partial charge in [-0.15, -0.1) is 0 Å². The van der Waals surface area contributed by atoms with E-state index in [9.17, 15) is 0 Å². The minimum Gasteiger partial charge on any atom is -0.482 e. The molecule has 0 aromatic heterocycles. The lowest BCUT2D eigenvalue weighted by atomic mass is 9.81. The van der Waals surface area contributed by atoms with Crippen molar-refractivity contribution in [2.24, 2.45) is 5.92 Å². The van der Waals surface area contributed by atoms with E-state index < -0.39 is 0 Å². The van der Waals surface area contributed by atoms with E-state index in [0.29, 0.717) is 5.92 Å². The molecule has 2 unspecified atom stereocenters. The number of benzene rings is 1. The lowest BCUT2D eigenvalue weighted by molar-refractivity contribution is 0.0345. The summed E-state index contributed by atoms with van der Waals surface area (Å²) in [5.41, 5.74) is 0.967. The SMILES string of the molecule is CC1CNCCC12C=Cc1ccc(Cl)cc1O2. The van der Waals surface area contributed by atoms with Crippen molar-refractivity contribution in [2.75, 3.05) is 13.1 Å². The van der Waals surface area contributed by atoms with Gasteiger partial charge in [-0.3, -0.25) is 0 Å². The first kappa shape index (κ1) is 11.1. The van der Waals surface area contributed by atoms with Gasteiger partial charge in [-0.1, -0.05) is 24.6 Å². The van der Waals surface area contributed by atoms with Crippen LogP contribution in [-0.4, -0.2) is 18.7 Å². The number of ether oxygens (including phenoxy) is 1. The maximum atomic E-state index is 6.24. The van der Waals surface area contributed by atoms with Crippen LogP contribution in [0.5, 0.6) is 5.75 Å². The lowest BCUT2D eigenvalue weighted by Crippen LogP contribution is -2.52. The van der Waals surface area contributed by atoms with Crippen LogP contribution >= 0.6 is 11.6 Å². The zero-order chi connectivity index (χ0) is 11.9. The van der Waals surface area contributed by atoms with Gasteiger partial charge < -0.3 is 10.1 Å². The quantitative estimate of drug-likeness (QED) is 0.763. The second kappa shape index (κ2) is 4.04. The Labute approximate surface area is 107 Å². The Morgan fingerprint density at radius 3 is 3.18 bits per heavy atom. The van der Waals surface area contributed by atoms with Gasteiger partial charge >= 0.3 is 0 Å². The van der Waals surface area contributed by atoms with Crippen molar-refractivity contribution in [2.45, 2.75) is 18.9 Å². The van der Waals surface area contributed by atoms with E-state index in [-0.39, 0.29) is 5.60 Å². The van der Waals surface area contributed by atoms with Crippen LogP contribution in [0, 0.1) is 5.92 Å². The summed E-state index contributed by atoms with van der Waals surface area (Å²) in [5, 5.41) is 4.13. The van der Waals surface area contributed by atoms with Gasteiger partial charge in [0.1, 0.15) is 11.4 Å². The molecular formula is C14H16ClNO. The highest BCUT2D eigenvalue weighted by molar-refractivity contribution is 6.30. The maximum absolute atomic E-state index is 6.24. The molecule has 2 heterocycles. The molecule has 0 bridgehead atoms. The van der Waals surface area contributed by atoms with Crippen LogP contribution < -0.4 is 10.1 Å². The highest BCUT2D eigenvalue weighted by Gasteiger charge is 2.40. The van der Waals surface area contributed by atoms with Crippen LogP contribution in [0.1, 0.15) is 18.9 Å². The third kappa shape index (κ3) is 1.85. The largest absolute Gasteiger partial charge is 0.482 e. The second-order valence-electron chi connectivity index (χ2n) is 4.93. The smallest absolute Gasteiger partial charge is 0.132 e. The zero-order valence-corrected chi connectivity index (χ0v) is 10.6. The summed E-state index contributed by atoms with van der Waals surface area (Å²) in [5.74, 6) is 1.38. The average molecular weight is 250 g/mol. The van der Waals surface area contributed by atoms with Gasteiger partial charge in [-0.2, -0.15) is 0 Å². The summed E-state index contributed by atoms with van der Waals surface area (Å²) < 4.78 is 6.24. The van der Waals surface area contributed by atoms with Gasteiger partial charge in [0.05, 0.1) is 0 Å². The molecule has 1 N–H and O–H groups in total. The van der Waals surface area contributed by atoms with Crippen LogP contribution in [0.4, 0.5) is 0 Å². The number of hydrogen-bond donors (Lipinski definition) is 1. The number of piperidine rings is 1. The normalized spacial score (nSPS) is 31.1. The fraction of sp³-hybridized carbons (Fsp3) is 0.429. The Morgan fingerprint density at radius 1 is 1.47 bits per heavy atom. The summed E-state index contributed by atoms with van der Waals surface area (Å²) in [7, 11) is 0. The molecule has 2 aliphatic rings. The predicted octanol–water partition coefficient (Wildman–Crippen LogP) is 3.11. The first-order valence-corrected chi connectivity index (χ1v) is 6.46. The number of fused-ring (bicyclic) bond motifs is 1. The molecule has 0 radical (unpaired) electrons. The molecule has 2 atom stereocenters. The molecule has 2 nitrogen and oxygen atoms in total. The third-order valence-corrected chi connectivity index (χ3v) is 4.03. The molecule has 1 aromatic carbocycles. The third-order valence-electron chi connectivity index (χ3n) is 3.80. The monoisotopic (exact) mass is 249 g/mol. The van der Waals surface area contributed by atoms with Gasteiger partial charge in [0.15, 0.2) is 0 Å². The Hall–Kier alpha value is -0.990. The summed E-state index contributed by atoms with van der Waals surface area (Å²) >= 11 is 6.02. The minimum absolute atomic E-state index is 0.150. The molecule has 0 amide bonds. The standard InChI is InChI=1S/C14H16ClNO/c1-10-9-16-7-6-14(10)5-4-11-2-3-12(15)8-13(11)17-14/h2-5,8,10,16H,6-7,9H2,1H3. The molecule has 3 heteroatoms. The van der Waals surface area contributed by atoms with E-state index in [1.807, 2.05) is 18.2 Å². The Kier molecular flexibility index (Phi) is 2.64. The fourth-order valence-corrected chi connectivity index (χ4v) is 2.79. The van der Waals surface area contributed by atoms with Crippen molar-refractivity contribution >= 4 is 17.7 Å². The second-order valence-corrected chi connectivity index (χ2v) is 5.36. The Bertz CT molecular complexity index is 471. The Balaban J connectivity index is 1.98. The van der Waals surface area contributed by atoms with Gasteiger partial charge in [0, 0.05) is 29.5 Å². The molecule has 1 fully saturated rings. The molecule has 17 heavy (non-hydrogen) atoms. The average Bonchev–Trinajstić information content (AvgIpc) is 2.33. The number of rotatable bonds is 0. The molecular weight excluding hydrogens is 234 g/mol. The van der Waals surface area contributed by atoms with Crippen molar-refractivity contribution < 1.29 is 4.74 Å². The van der Waals surface area contributed by atoms with Crippen molar-refractivity contribution in [1.82, 2.24) is 5.32 Å². The first-order valence-electron chi connectivity index (χ1n) is 6.08. The molecule has 90 valence electrons. The summed E-state index contributed by atoms with van der Waals surface area (Å²) in [6, 6.07) is 5.82. The summed E-state index contributed by atoms with van der Waals surface area (Å²) in [4.78, 5) is 0. The van der Waals surface area contributed by atoms with Crippen LogP contribution in [0.15, 0.2) is 24.3 Å². The van der Waals surface area contributed by atoms with Gasteiger partial charge in [-0.05, 0) is 30.8 Å². The van der Waals surface area contributed by atoms with Crippen molar-refractivity contribution in [3.8, 4) is 5.75 Å². The number of nitrogens with one attached hydrogen (secondary N) is 1. The number of halogens is 1. The lowest BCUT2D eigenvalue weighted by Gasteiger charge is -2.43. The number of hydrogen-bond acceptors (Lipinski definition) is 2. The van der Waals surface area contributed by atoms with E-state index in [1.165, 1.54) is 0 Å².